The summed E-state index contributed by atoms with van der Waals surface area (Å²) in [4.78, 5) is 0. The van der Waals surface area contributed by atoms with Gasteiger partial charge in [-0.3, -0.25) is 0 Å². The van der Waals surface area contributed by atoms with Crippen molar-refractivity contribution < 1.29 is 4.74 Å². The van der Waals surface area contributed by atoms with Gasteiger partial charge in [-0.05, 0) is 19.3 Å². The standard InChI is InChI=1S/C7H13NO/c8-7(2-3-7)6-1-4-9-5-6/h6H,1-5,8H2/t6-/m0/s1. The summed E-state index contributed by atoms with van der Waals surface area (Å²) in [7, 11) is 0. The Morgan fingerprint density at radius 3 is 2.67 bits per heavy atom. The third kappa shape index (κ3) is 0.864. The van der Waals surface area contributed by atoms with Gasteiger partial charge in [0.15, 0.2) is 0 Å². The number of hydrogen-bond acceptors (Lipinski definition) is 2. The van der Waals surface area contributed by atoms with Crippen molar-refractivity contribution in [1.29, 1.82) is 0 Å². The van der Waals surface area contributed by atoms with Gasteiger partial charge in [-0.1, -0.05) is 0 Å². The number of rotatable bonds is 1. The topological polar surface area (TPSA) is 35.2 Å². The molecule has 0 unspecified atom stereocenters. The van der Waals surface area contributed by atoms with E-state index in [2.05, 4.69) is 0 Å². The van der Waals surface area contributed by atoms with E-state index in [1.807, 2.05) is 0 Å². The zero-order chi connectivity index (χ0) is 6.32. The average molecular weight is 127 g/mol. The molecule has 0 aromatic carbocycles. The van der Waals surface area contributed by atoms with Crippen LogP contribution < -0.4 is 5.73 Å². The number of hydrogen-bond donors (Lipinski definition) is 1. The minimum atomic E-state index is 0.205. The Balaban J connectivity index is 1.97. The maximum absolute atomic E-state index is 5.97. The molecule has 0 amide bonds. The van der Waals surface area contributed by atoms with E-state index in [0.29, 0.717) is 5.92 Å². The molecule has 1 atom stereocenters. The van der Waals surface area contributed by atoms with Gasteiger partial charge in [0.1, 0.15) is 0 Å². The lowest BCUT2D eigenvalue weighted by atomic mass is 9.98. The van der Waals surface area contributed by atoms with Crippen molar-refractivity contribution in [3.8, 4) is 0 Å². The third-order valence-electron chi connectivity index (χ3n) is 2.57. The van der Waals surface area contributed by atoms with Gasteiger partial charge in [-0.2, -0.15) is 0 Å². The summed E-state index contributed by atoms with van der Waals surface area (Å²) in [5.74, 6) is 0.678. The van der Waals surface area contributed by atoms with E-state index in [9.17, 15) is 0 Å². The number of nitrogens with two attached hydrogens (primary N) is 1. The smallest absolute Gasteiger partial charge is 0.0512 e. The van der Waals surface area contributed by atoms with Crippen LogP contribution in [0.4, 0.5) is 0 Å². The lowest BCUT2D eigenvalue weighted by Crippen LogP contribution is -2.32. The largest absolute Gasteiger partial charge is 0.381 e. The predicted molar refractivity (Wildman–Crippen MR) is 35.1 cm³/mol. The molecule has 0 spiro atoms. The molecule has 1 aliphatic heterocycles. The molecule has 0 bridgehead atoms. The second kappa shape index (κ2) is 1.70. The monoisotopic (exact) mass is 127 g/mol. The first-order chi connectivity index (χ1) is 4.31. The summed E-state index contributed by atoms with van der Waals surface area (Å²) in [5.41, 5.74) is 6.18. The zero-order valence-corrected chi connectivity index (χ0v) is 5.60. The van der Waals surface area contributed by atoms with Crippen LogP contribution in [0.25, 0.3) is 0 Å². The van der Waals surface area contributed by atoms with E-state index in [1.165, 1.54) is 19.3 Å². The van der Waals surface area contributed by atoms with Crippen molar-refractivity contribution in [3.05, 3.63) is 0 Å². The van der Waals surface area contributed by atoms with E-state index in [1.54, 1.807) is 0 Å². The van der Waals surface area contributed by atoms with E-state index in [4.69, 9.17) is 10.5 Å². The van der Waals surface area contributed by atoms with Crippen molar-refractivity contribution in [2.24, 2.45) is 11.7 Å². The van der Waals surface area contributed by atoms with Crippen molar-refractivity contribution in [1.82, 2.24) is 0 Å². The van der Waals surface area contributed by atoms with Gasteiger partial charge in [0.25, 0.3) is 0 Å². The van der Waals surface area contributed by atoms with Crippen molar-refractivity contribution >= 4 is 0 Å². The minimum absolute atomic E-state index is 0.205. The minimum Gasteiger partial charge on any atom is -0.381 e. The highest BCUT2D eigenvalue weighted by Gasteiger charge is 2.46. The molecule has 1 aliphatic carbocycles. The van der Waals surface area contributed by atoms with Gasteiger partial charge >= 0.3 is 0 Å². The molecule has 9 heavy (non-hydrogen) atoms. The van der Waals surface area contributed by atoms with E-state index in [0.717, 1.165) is 13.2 Å². The van der Waals surface area contributed by atoms with Crippen LogP contribution in [0.2, 0.25) is 0 Å². The van der Waals surface area contributed by atoms with Crippen LogP contribution in [-0.2, 0) is 4.74 Å². The first kappa shape index (κ1) is 5.69. The Kier molecular flexibility index (Phi) is 1.08. The first-order valence-electron chi connectivity index (χ1n) is 3.68. The average Bonchev–Trinajstić information content (AvgIpc) is 2.46. The maximum atomic E-state index is 5.97. The molecule has 1 saturated carbocycles. The van der Waals surface area contributed by atoms with Gasteiger partial charge in [0, 0.05) is 18.1 Å². The SMILES string of the molecule is NC1([C@H]2CCOC2)CC1. The van der Waals surface area contributed by atoms with Crippen LogP contribution in [0.15, 0.2) is 0 Å². The lowest BCUT2D eigenvalue weighted by Gasteiger charge is -2.14. The summed E-state index contributed by atoms with van der Waals surface area (Å²) < 4.78 is 5.24. The fourth-order valence-corrected chi connectivity index (χ4v) is 1.54. The van der Waals surface area contributed by atoms with Crippen LogP contribution in [-0.4, -0.2) is 18.8 Å². The van der Waals surface area contributed by atoms with Gasteiger partial charge in [-0.25, -0.2) is 0 Å². The van der Waals surface area contributed by atoms with Gasteiger partial charge in [0.2, 0.25) is 0 Å². The van der Waals surface area contributed by atoms with Crippen molar-refractivity contribution in [3.63, 3.8) is 0 Å². The van der Waals surface area contributed by atoms with Crippen LogP contribution in [0.1, 0.15) is 19.3 Å². The Labute approximate surface area is 55.4 Å². The normalized spacial score (nSPS) is 39.0. The highest BCUT2D eigenvalue weighted by Crippen LogP contribution is 2.42. The molecule has 2 N–H and O–H groups in total. The Morgan fingerprint density at radius 2 is 2.22 bits per heavy atom. The summed E-state index contributed by atoms with van der Waals surface area (Å²) in [6, 6.07) is 0. The second-order valence-electron chi connectivity index (χ2n) is 3.29. The molecule has 52 valence electrons. The molecule has 2 nitrogen and oxygen atoms in total. The third-order valence-corrected chi connectivity index (χ3v) is 2.57. The Hall–Kier alpha value is -0.0800. The van der Waals surface area contributed by atoms with E-state index < -0.39 is 0 Å². The second-order valence-corrected chi connectivity index (χ2v) is 3.29. The highest BCUT2D eigenvalue weighted by atomic mass is 16.5. The summed E-state index contributed by atoms with van der Waals surface area (Å²) in [6.45, 7) is 1.85. The maximum Gasteiger partial charge on any atom is 0.0512 e. The van der Waals surface area contributed by atoms with E-state index in [-0.39, 0.29) is 5.54 Å². The van der Waals surface area contributed by atoms with Crippen LogP contribution in [0.5, 0.6) is 0 Å². The Morgan fingerprint density at radius 1 is 1.44 bits per heavy atom. The molecule has 2 aliphatic rings. The predicted octanol–water partition coefficient (Wildman–Crippen LogP) is 0.514. The fraction of sp³-hybridized carbons (Fsp3) is 1.00. The molecule has 0 aromatic heterocycles. The Bertz CT molecular complexity index is 114. The van der Waals surface area contributed by atoms with E-state index >= 15 is 0 Å². The van der Waals surface area contributed by atoms with Gasteiger partial charge < -0.3 is 10.5 Å². The quantitative estimate of drug-likeness (QED) is 0.557. The zero-order valence-electron chi connectivity index (χ0n) is 5.60. The molecule has 0 radical (unpaired) electrons. The van der Waals surface area contributed by atoms with Gasteiger partial charge in [-0.15, -0.1) is 0 Å². The van der Waals surface area contributed by atoms with Gasteiger partial charge in [0.05, 0.1) is 6.61 Å². The first-order valence-corrected chi connectivity index (χ1v) is 3.68. The molecule has 2 fully saturated rings. The van der Waals surface area contributed by atoms with Crippen LogP contribution >= 0.6 is 0 Å². The summed E-state index contributed by atoms with van der Waals surface area (Å²) >= 11 is 0. The molecular formula is C7H13NO. The van der Waals surface area contributed by atoms with Crippen molar-refractivity contribution in [2.75, 3.05) is 13.2 Å². The molecule has 1 heterocycles. The van der Waals surface area contributed by atoms with Crippen LogP contribution in [0.3, 0.4) is 0 Å². The highest BCUT2D eigenvalue weighted by molar-refractivity contribution is 5.04. The van der Waals surface area contributed by atoms with Crippen molar-refractivity contribution in [2.45, 2.75) is 24.8 Å². The molecule has 2 heteroatoms. The summed E-state index contributed by atoms with van der Waals surface area (Å²) in [6.07, 6.45) is 3.64. The molecule has 2 rings (SSSR count). The summed E-state index contributed by atoms with van der Waals surface area (Å²) in [5, 5.41) is 0. The lowest BCUT2D eigenvalue weighted by molar-refractivity contribution is 0.178. The number of ether oxygens (including phenoxy) is 1. The molecule has 1 saturated heterocycles. The van der Waals surface area contributed by atoms with Crippen LogP contribution in [0, 0.1) is 5.92 Å². The molecule has 0 aromatic rings. The molecular weight excluding hydrogens is 114 g/mol. The fourth-order valence-electron chi connectivity index (χ4n) is 1.54.